The van der Waals surface area contributed by atoms with Gasteiger partial charge in [-0.15, -0.1) is 24.8 Å². The molecule has 1 unspecified atom stereocenters. The van der Waals surface area contributed by atoms with E-state index in [1.165, 1.54) is 6.07 Å². The maximum absolute atomic E-state index is 10.1. The van der Waals surface area contributed by atoms with Gasteiger partial charge in [0.25, 0.3) is 0 Å². The Morgan fingerprint density at radius 2 is 1.73 bits per heavy atom. The van der Waals surface area contributed by atoms with Gasteiger partial charge in [-0.3, -0.25) is 0 Å². The topological polar surface area (TPSA) is 75.7 Å². The number of benzene rings is 2. The van der Waals surface area contributed by atoms with E-state index in [4.69, 9.17) is 10.5 Å². The fourth-order valence-electron chi connectivity index (χ4n) is 2.71. The molecule has 0 amide bonds. The molecular weight excluding hydrogens is 325 g/mol. The number of hydrogen-bond donors (Lipinski definition) is 3. The van der Waals surface area contributed by atoms with Gasteiger partial charge in [-0.1, -0.05) is 36.4 Å². The van der Waals surface area contributed by atoms with Crippen molar-refractivity contribution in [2.45, 2.75) is 18.6 Å². The number of ether oxygens (including phenoxy) is 1. The summed E-state index contributed by atoms with van der Waals surface area (Å²) in [4.78, 5) is 0. The molecule has 120 valence electrons. The van der Waals surface area contributed by atoms with E-state index in [9.17, 15) is 10.2 Å². The van der Waals surface area contributed by atoms with Gasteiger partial charge in [-0.25, -0.2) is 0 Å². The monoisotopic (exact) mass is 343 g/mol. The predicted octanol–water partition coefficient (Wildman–Crippen LogP) is 3.26. The molecule has 1 aliphatic heterocycles. The first-order valence-electron chi connectivity index (χ1n) is 6.65. The number of halogens is 2. The summed E-state index contributed by atoms with van der Waals surface area (Å²) in [6, 6.07) is 13.1. The molecule has 2 atom stereocenters. The zero-order chi connectivity index (χ0) is 14.1. The molecule has 4 nitrogen and oxygen atoms in total. The van der Waals surface area contributed by atoms with E-state index in [1.807, 2.05) is 30.3 Å². The van der Waals surface area contributed by atoms with Crippen LogP contribution in [0, 0.1) is 0 Å². The maximum Gasteiger partial charge on any atom is 0.161 e. The van der Waals surface area contributed by atoms with Crippen molar-refractivity contribution in [1.29, 1.82) is 0 Å². The molecule has 22 heavy (non-hydrogen) atoms. The van der Waals surface area contributed by atoms with Crippen LogP contribution in [0.5, 0.6) is 11.5 Å². The van der Waals surface area contributed by atoms with Crippen molar-refractivity contribution in [1.82, 2.24) is 0 Å². The molecule has 6 heteroatoms. The van der Waals surface area contributed by atoms with Gasteiger partial charge < -0.3 is 20.7 Å². The van der Waals surface area contributed by atoms with Gasteiger partial charge in [0.05, 0.1) is 12.2 Å². The van der Waals surface area contributed by atoms with E-state index in [2.05, 4.69) is 0 Å². The number of nitrogens with two attached hydrogens (primary N) is 1. The molecule has 3 rings (SSSR count). The second-order valence-electron chi connectivity index (χ2n) is 4.96. The first-order chi connectivity index (χ1) is 9.70. The van der Waals surface area contributed by atoms with E-state index in [0.717, 1.165) is 16.7 Å². The summed E-state index contributed by atoms with van der Waals surface area (Å²) in [5.41, 5.74) is 8.40. The molecule has 1 aliphatic rings. The van der Waals surface area contributed by atoms with Crippen LogP contribution in [0.4, 0.5) is 0 Å². The van der Waals surface area contributed by atoms with Gasteiger partial charge in [-0.05, 0) is 17.2 Å². The van der Waals surface area contributed by atoms with Crippen LogP contribution < -0.4 is 5.73 Å². The largest absolute Gasteiger partial charge is 0.504 e. The lowest BCUT2D eigenvalue weighted by Gasteiger charge is -2.32. The Balaban J connectivity index is 0.00000121. The Morgan fingerprint density at radius 3 is 2.36 bits per heavy atom. The summed E-state index contributed by atoms with van der Waals surface area (Å²) >= 11 is 0. The zero-order valence-corrected chi connectivity index (χ0v) is 13.4. The highest BCUT2D eigenvalue weighted by Crippen LogP contribution is 2.43. The zero-order valence-electron chi connectivity index (χ0n) is 11.8. The van der Waals surface area contributed by atoms with E-state index >= 15 is 0 Å². The first kappa shape index (κ1) is 18.6. The van der Waals surface area contributed by atoms with Gasteiger partial charge in [0.1, 0.15) is 0 Å². The van der Waals surface area contributed by atoms with E-state index in [1.54, 1.807) is 6.07 Å². The third kappa shape index (κ3) is 3.31. The summed E-state index contributed by atoms with van der Waals surface area (Å²) in [6.45, 7) is 0.334. The normalized spacial score (nSPS) is 19.5. The Bertz CT molecular complexity index is 622. The van der Waals surface area contributed by atoms with Gasteiger partial charge in [-0.2, -0.15) is 0 Å². The smallest absolute Gasteiger partial charge is 0.161 e. The molecule has 0 radical (unpaired) electrons. The molecule has 4 N–H and O–H groups in total. The highest BCUT2D eigenvalue weighted by atomic mass is 35.5. The lowest BCUT2D eigenvalue weighted by atomic mass is 9.90. The minimum absolute atomic E-state index is 0. The van der Waals surface area contributed by atoms with E-state index in [0.29, 0.717) is 13.0 Å². The highest BCUT2D eigenvalue weighted by Gasteiger charge is 2.30. The predicted molar refractivity (Wildman–Crippen MR) is 90.0 cm³/mol. The Kier molecular flexibility index (Phi) is 6.50. The van der Waals surface area contributed by atoms with Crippen molar-refractivity contribution in [2.24, 2.45) is 5.73 Å². The second kappa shape index (κ2) is 7.70. The minimum Gasteiger partial charge on any atom is -0.504 e. The average Bonchev–Trinajstić information content (AvgIpc) is 2.51. The van der Waals surface area contributed by atoms with Crippen LogP contribution in [0.3, 0.4) is 0 Å². The van der Waals surface area contributed by atoms with Crippen LogP contribution >= 0.6 is 24.8 Å². The van der Waals surface area contributed by atoms with Gasteiger partial charge in [0.15, 0.2) is 11.5 Å². The van der Waals surface area contributed by atoms with E-state index < -0.39 is 0 Å². The Labute approximate surface area is 141 Å². The maximum atomic E-state index is 10.1. The summed E-state index contributed by atoms with van der Waals surface area (Å²) < 4.78 is 6.03. The van der Waals surface area contributed by atoms with Crippen molar-refractivity contribution in [3.8, 4) is 11.5 Å². The number of rotatable bonds is 2. The molecule has 0 fully saturated rings. The summed E-state index contributed by atoms with van der Waals surface area (Å²) in [6.07, 6.45) is 0.0937. The Hall–Kier alpha value is -1.46. The fourth-order valence-corrected chi connectivity index (χ4v) is 2.71. The van der Waals surface area contributed by atoms with Crippen LogP contribution in [-0.2, 0) is 11.2 Å². The standard InChI is InChI=1S/C16H17NO3.2ClH/c17-9-15-11-6-7-13(18)16(19)12(11)8-14(20-15)10-4-2-1-3-5-10;;/h1-7,14-15,18-19H,8-9,17H2;2*1H/t14?,15-;;/m0../s1. The third-order valence-electron chi connectivity index (χ3n) is 3.75. The molecule has 0 aromatic heterocycles. The SMILES string of the molecule is Cl.Cl.NC[C@@H]1OC(c2ccccc2)Cc2c1ccc(O)c2O. The molecule has 0 saturated heterocycles. The van der Waals surface area contributed by atoms with Crippen molar-refractivity contribution in [2.75, 3.05) is 6.54 Å². The van der Waals surface area contributed by atoms with Gasteiger partial charge in [0.2, 0.25) is 0 Å². The number of aromatic hydroxyl groups is 2. The fraction of sp³-hybridized carbons (Fsp3) is 0.250. The summed E-state index contributed by atoms with van der Waals surface area (Å²) in [5.74, 6) is -0.168. The molecule has 0 spiro atoms. The quantitative estimate of drug-likeness (QED) is 0.731. The van der Waals surface area contributed by atoms with Crippen LogP contribution in [0.1, 0.15) is 28.9 Å². The average molecular weight is 344 g/mol. The molecule has 2 aromatic rings. The van der Waals surface area contributed by atoms with Crippen molar-refractivity contribution >= 4 is 24.8 Å². The van der Waals surface area contributed by atoms with Crippen LogP contribution in [0.25, 0.3) is 0 Å². The summed E-state index contributed by atoms with van der Waals surface area (Å²) in [5, 5.41) is 19.7. The number of hydrogen-bond acceptors (Lipinski definition) is 4. The number of fused-ring (bicyclic) bond motifs is 1. The molecule has 0 aliphatic carbocycles. The number of phenolic OH excluding ortho intramolecular Hbond substituents is 2. The van der Waals surface area contributed by atoms with Crippen LogP contribution in [0.15, 0.2) is 42.5 Å². The van der Waals surface area contributed by atoms with Crippen molar-refractivity contribution < 1.29 is 14.9 Å². The second-order valence-corrected chi connectivity index (χ2v) is 4.96. The molecule has 0 bridgehead atoms. The van der Waals surface area contributed by atoms with Gasteiger partial charge in [0, 0.05) is 18.5 Å². The lowest BCUT2D eigenvalue weighted by molar-refractivity contribution is -0.0230. The van der Waals surface area contributed by atoms with Crippen molar-refractivity contribution in [3.05, 3.63) is 59.2 Å². The summed E-state index contributed by atoms with van der Waals surface area (Å²) in [7, 11) is 0. The molecular formula is C16H19Cl2NO3. The van der Waals surface area contributed by atoms with E-state index in [-0.39, 0.29) is 48.5 Å². The van der Waals surface area contributed by atoms with Crippen LogP contribution in [-0.4, -0.2) is 16.8 Å². The third-order valence-corrected chi connectivity index (χ3v) is 3.75. The first-order valence-corrected chi connectivity index (χ1v) is 6.65. The minimum atomic E-state index is -0.268. The molecule has 1 heterocycles. The Morgan fingerprint density at radius 1 is 1.05 bits per heavy atom. The lowest BCUT2D eigenvalue weighted by Crippen LogP contribution is -2.25. The van der Waals surface area contributed by atoms with Crippen molar-refractivity contribution in [3.63, 3.8) is 0 Å². The van der Waals surface area contributed by atoms with Gasteiger partial charge >= 0.3 is 0 Å². The number of phenols is 2. The highest BCUT2D eigenvalue weighted by molar-refractivity contribution is 5.85. The van der Waals surface area contributed by atoms with Crippen LogP contribution in [0.2, 0.25) is 0 Å². The molecule has 2 aromatic carbocycles. The molecule has 0 saturated carbocycles.